The molecule has 2 heteroatoms. The van der Waals surface area contributed by atoms with E-state index in [1.54, 1.807) is 6.07 Å². The summed E-state index contributed by atoms with van der Waals surface area (Å²) in [5.74, 6) is 1.09. The molecule has 0 unspecified atom stereocenters. The van der Waals surface area contributed by atoms with Gasteiger partial charge in [0.15, 0.2) is 0 Å². The lowest BCUT2D eigenvalue weighted by Gasteiger charge is -2.20. The number of hydrogen-bond donors (Lipinski definition) is 0. The van der Waals surface area contributed by atoms with Gasteiger partial charge < -0.3 is 0 Å². The normalized spacial score (nSPS) is 10.9. The van der Waals surface area contributed by atoms with Crippen molar-refractivity contribution in [3.8, 4) is 11.1 Å². The topological polar surface area (TPSA) is 0 Å². The van der Waals surface area contributed by atoms with Gasteiger partial charge in [0.1, 0.15) is 0 Å². The fourth-order valence-electron chi connectivity index (χ4n) is 3.23. The average molecular weight is 388 g/mol. The van der Waals surface area contributed by atoms with E-state index in [0.29, 0.717) is 10.0 Å². The Bertz CT molecular complexity index is 1020. The van der Waals surface area contributed by atoms with Gasteiger partial charge in [-0.1, -0.05) is 114 Å². The van der Waals surface area contributed by atoms with Crippen LogP contribution in [0.3, 0.4) is 0 Å². The van der Waals surface area contributed by atoms with E-state index >= 15 is 0 Å². The second-order valence-electron chi connectivity index (χ2n) is 6.31. The number of benzene rings is 4. The van der Waals surface area contributed by atoms with E-state index in [1.165, 1.54) is 11.1 Å². The minimum atomic E-state index is 0.635. The van der Waals surface area contributed by atoms with Gasteiger partial charge in [-0.15, -0.1) is 0 Å². The van der Waals surface area contributed by atoms with Crippen molar-refractivity contribution in [3.63, 3.8) is 0 Å². The molecule has 0 saturated carbocycles. The monoisotopic (exact) mass is 387 g/mol. The van der Waals surface area contributed by atoms with Gasteiger partial charge in [0.2, 0.25) is 0 Å². The molecule has 0 aromatic heterocycles. The first-order valence-corrected chi connectivity index (χ1v) is 9.51. The molecule has 0 bridgehead atoms. The molecule has 0 aliphatic rings. The van der Waals surface area contributed by atoms with E-state index in [9.17, 15) is 0 Å². The van der Waals surface area contributed by atoms with Crippen molar-refractivity contribution in [2.24, 2.45) is 0 Å². The average Bonchev–Trinajstić information content (AvgIpc) is 2.72. The van der Waals surface area contributed by atoms with E-state index < -0.39 is 0 Å². The van der Waals surface area contributed by atoms with Crippen LogP contribution in [-0.2, 0) is 0 Å². The Hall–Kier alpha value is -2.54. The Labute approximate surface area is 170 Å². The van der Waals surface area contributed by atoms with Crippen LogP contribution in [-0.4, -0.2) is 0 Å². The smallest absolute Gasteiger partial charge is 0.0644 e. The van der Waals surface area contributed by atoms with Gasteiger partial charge in [-0.3, -0.25) is 0 Å². The number of halogens is 2. The van der Waals surface area contributed by atoms with Gasteiger partial charge >= 0.3 is 0 Å². The second-order valence-corrected chi connectivity index (χ2v) is 7.15. The molecule has 131 valence electrons. The summed E-state index contributed by atoms with van der Waals surface area (Å²) in [4.78, 5) is 0. The van der Waals surface area contributed by atoms with E-state index in [4.69, 9.17) is 23.2 Å². The molecule has 4 rings (SSSR count). The van der Waals surface area contributed by atoms with Crippen molar-refractivity contribution in [2.45, 2.75) is 0 Å². The van der Waals surface area contributed by atoms with Crippen molar-refractivity contribution in [3.05, 3.63) is 136 Å². The van der Waals surface area contributed by atoms with E-state index in [1.807, 2.05) is 36.4 Å². The molecule has 0 amide bonds. The predicted molar refractivity (Wildman–Crippen MR) is 115 cm³/mol. The highest BCUT2D eigenvalue weighted by atomic mass is 35.5. The lowest BCUT2D eigenvalue weighted by atomic mass is 9.84. The van der Waals surface area contributed by atoms with Crippen LogP contribution >= 0.6 is 23.2 Å². The predicted octanol–water partition coefficient (Wildman–Crippen LogP) is 7.68. The molecule has 0 nitrogen and oxygen atoms in total. The van der Waals surface area contributed by atoms with Crippen LogP contribution in [0.25, 0.3) is 11.1 Å². The third kappa shape index (κ3) is 3.93. The van der Waals surface area contributed by atoms with Crippen LogP contribution < -0.4 is 0 Å². The maximum Gasteiger partial charge on any atom is 0.0644 e. The van der Waals surface area contributed by atoms with Gasteiger partial charge in [0.05, 0.1) is 5.92 Å². The molecule has 4 aromatic carbocycles. The quantitative estimate of drug-likeness (QED) is 0.315. The Morgan fingerprint density at radius 2 is 1.07 bits per heavy atom. The molecule has 1 radical (unpaired) electrons. The number of rotatable bonds is 4. The molecule has 0 heterocycles. The lowest BCUT2D eigenvalue weighted by molar-refractivity contribution is 1.23. The molecule has 0 aliphatic carbocycles. The van der Waals surface area contributed by atoms with Crippen LogP contribution in [0.2, 0.25) is 10.0 Å². The summed E-state index contributed by atoms with van der Waals surface area (Å²) in [5.41, 5.74) is 5.60. The van der Waals surface area contributed by atoms with Gasteiger partial charge in [-0.2, -0.15) is 0 Å². The lowest BCUT2D eigenvalue weighted by Crippen LogP contribution is -2.05. The van der Waals surface area contributed by atoms with Crippen LogP contribution in [0, 0.1) is 5.92 Å². The second kappa shape index (κ2) is 8.00. The minimum Gasteiger partial charge on any atom is -0.0843 e. The first-order chi connectivity index (χ1) is 13.2. The van der Waals surface area contributed by atoms with E-state index in [-0.39, 0.29) is 0 Å². The van der Waals surface area contributed by atoms with Crippen LogP contribution in [0.15, 0.2) is 103 Å². The molecule has 0 fully saturated rings. The maximum absolute atomic E-state index is 6.55. The zero-order valence-electron chi connectivity index (χ0n) is 14.6. The van der Waals surface area contributed by atoms with Crippen LogP contribution in [0.4, 0.5) is 0 Å². The standard InChI is InChI=1S/C25H17Cl2/c26-22-15-16-23(24(27)17-22)25(20-9-5-2-6-10-20)21-13-11-19(12-14-21)18-7-3-1-4-8-18/h1-17H. The molecular formula is C25H17Cl2. The zero-order valence-corrected chi connectivity index (χ0v) is 16.1. The van der Waals surface area contributed by atoms with Gasteiger partial charge in [0, 0.05) is 10.0 Å². The first-order valence-electron chi connectivity index (χ1n) is 8.76. The summed E-state index contributed by atoms with van der Waals surface area (Å²) < 4.78 is 0. The SMILES string of the molecule is Clc1ccc([C](c2ccccc2)c2ccc(-c3ccccc3)cc2)c(Cl)c1. The third-order valence-electron chi connectivity index (χ3n) is 4.54. The molecular weight excluding hydrogens is 371 g/mol. The largest absolute Gasteiger partial charge is 0.0843 e. The Morgan fingerprint density at radius 3 is 1.70 bits per heavy atom. The Kier molecular flexibility index (Phi) is 5.29. The first kappa shape index (κ1) is 17.9. The summed E-state index contributed by atoms with van der Waals surface area (Å²) in [7, 11) is 0. The minimum absolute atomic E-state index is 0.635. The van der Waals surface area contributed by atoms with Crippen LogP contribution in [0.1, 0.15) is 16.7 Å². The van der Waals surface area contributed by atoms with Crippen LogP contribution in [0.5, 0.6) is 0 Å². The molecule has 4 aromatic rings. The third-order valence-corrected chi connectivity index (χ3v) is 5.09. The fraction of sp³-hybridized carbons (Fsp3) is 0. The van der Waals surface area contributed by atoms with Crippen molar-refractivity contribution in [1.29, 1.82) is 0 Å². The molecule has 0 N–H and O–H groups in total. The summed E-state index contributed by atoms with van der Waals surface area (Å²) >= 11 is 12.7. The molecule has 27 heavy (non-hydrogen) atoms. The molecule has 0 saturated heterocycles. The highest BCUT2D eigenvalue weighted by Crippen LogP contribution is 2.36. The van der Waals surface area contributed by atoms with Crippen molar-refractivity contribution in [1.82, 2.24) is 0 Å². The van der Waals surface area contributed by atoms with E-state index in [2.05, 4.69) is 60.7 Å². The molecule has 0 aliphatic heterocycles. The van der Waals surface area contributed by atoms with Crippen molar-refractivity contribution in [2.75, 3.05) is 0 Å². The van der Waals surface area contributed by atoms with E-state index in [0.717, 1.165) is 22.6 Å². The maximum atomic E-state index is 6.55. The summed E-state index contributed by atoms with van der Waals surface area (Å²) in [6.07, 6.45) is 0. The van der Waals surface area contributed by atoms with Crippen molar-refractivity contribution >= 4 is 23.2 Å². The number of hydrogen-bond acceptors (Lipinski definition) is 0. The molecule has 0 spiro atoms. The van der Waals surface area contributed by atoms with Gasteiger partial charge in [0.25, 0.3) is 0 Å². The van der Waals surface area contributed by atoms with Gasteiger partial charge in [-0.25, -0.2) is 0 Å². The summed E-state index contributed by atoms with van der Waals surface area (Å²) in [6, 6.07) is 34.9. The van der Waals surface area contributed by atoms with Crippen molar-refractivity contribution < 1.29 is 0 Å². The Morgan fingerprint density at radius 1 is 0.519 bits per heavy atom. The highest BCUT2D eigenvalue weighted by molar-refractivity contribution is 6.35. The zero-order chi connectivity index (χ0) is 18.6. The van der Waals surface area contributed by atoms with Gasteiger partial charge in [-0.05, 0) is 39.9 Å². The Balaban J connectivity index is 1.79. The fourth-order valence-corrected chi connectivity index (χ4v) is 3.74. The summed E-state index contributed by atoms with van der Waals surface area (Å²) in [6.45, 7) is 0. The highest BCUT2D eigenvalue weighted by Gasteiger charge is 2.20. The molecule has 0 atom stereocenters. The summed E-state index contributed by atoms with van der Waals surface area (Å²) in [5, 5.41) is 1.28.